The van der Waals surface area contributed by atoms with Crippen molar-refractivity contribution in [2.24, 2.45) is 5.92 Å². The summed E-state index contributed by atoms with van der Waals surface area (Å²) in [7, 11) is 0. The van der Waals surface area contributed by atoms with E-state index in [0.29, 0.717) is 12.1 Å². The van der Waals surface area contributed by atoms with Crippen molar-refractivity contribution in [3.05, 3.63) is 29.6 Å². The Labute approximate surface area is 123 Å². The zero-order valence-corrected chi connectivity index (χ0v) is 12.4. The molecule has 1 unspecified atom stereocenters. The van der Waals surface area contributed by atoms with E-state index in [1.54, 1.807) is 0 Å². The SMILES string of the molecule is CC(=O)Nc1ccc(F)c(C(=O)NC(CO)CC(C)C)c1. The average molecular weight is 296 g/mol. The second-order valence-electron chi connectivity index (χ2n) is 5.36. The fourth-order valence-corrected chi connectivity index (χ4v) is 1.99. The largest absolute Gasteiger partial charge is 0.394 e. The van der Waals surface area contributed by atoms with E-state index < -0.39 is 17.8 Å². The van der Waals surface area contributed by atoms with Crippen molar-refractivity contribution in [2.45, 2.75) is 33.2 Å². The van der Waals surface area contributed by atoms with Gasteiger partial charge < -0.3 is 15.7 Å². The second kappa shape index (κ2) is 7.73. The minimum absolute atomic E-state index is 0.163. The second-order valence-corrected chi connectivity index (χ2v) is 5.36. The van der Waals surface area contributed by atoms with Crippen LogP contribution < -0.4 is 10.6 Å². The first kappa shape index (κ1) is 17.1. The Balaban J connectivity index is 2.87. The molecule has 0 saturated heterocycles. The Morgan fingerprint density at radius 2 is 2.00 bits per heavy atom. The molecule has 0 aliphatic heterocycles. The Morgan fingerprint density at radius 3 is 2.52 bits per heavy atom. The maximum Gasteiger partial charge on any atom is 0.254 e. The van der Waals surface area contributed by atoms with Gasteiger partial charge in [-0.15, -0.1) is 0 Å². The van der Waals surface area contributed by atoms with Gasteiger partial charge in [0.2, 0.25) is 5.91 Å². The van der Waals surface area contributed by atoms with Gasteiger partial charge in [-0.25, -0.2) is 4.39 Å². The minimum atomic E-state index is -0.678. The molecule has 0 bridgehead atoms. The van der Waals surface area contributed by atoms with Crippen LogP contribution in [0.25, 0.3) is 0 Å². The molecule has 116 valence electrons. The molecule has 0 saturated carbocycles. The lowest BCUT2D eigenvalue weighted by Gasteiger charge is -2.18. The topological polar surface area (TPSA) is 78.4 Å². The number of nitrogens with one attached hydrogen (secondary N) is 2. The molecular weight excluding hydrogens is 275 g/mol. The highest BCUT2D eigenvalue weighted by molar-refractivity contribution is 5.97. The third-order valence-electron chi connectivity index (χ3n) is 2.84. The van der Waals surface area contributed by atoms with Gasteiger partial charge in [-0.2, -0.15) is 0 Å². The van der Waals surface area contributed by atoms with E-state index in [0.717, 1.165) is 6.07 Å². The van der Waals surface area contributed by atoms with Gasteiger partial charge in [0.05, 0.1) is 18.2 Å². The maximum atomic E-state index is 13.7. The van der Waals surface area contributed by atoms with Crippen LogP contribution in [-0.4, -0.2) is 29.6 Å². The maximum absolute atomic E-state index is 13.7. The van der Waals surface area contributed by atoms with Crippen molar-refractivity contribution < 1.29 is 19.1 Å². The molecule has 0 aliphatic rings. The number of carbonyl (C=O) groups is 2. The number of hydrogen-bond acceptors (Lipinski definition) is 3. The predicted octanol–water partition coefficient (Wildman–Crippen LogP) is 1.92. The van der Waals surface area contributed by atoms with Crippen molar-refractivity contribution in [3.63, 3.8) is 0 Å². The van der Waals surface area contributed by atoms with E-state index in [4.69, 9.17) is 0 Å². The number of benzene rings is 1. The van der Waals surface area contributed by atoms with Crippen LogP contribution in [0.5, 0.6) is 0 Å². The summed E-state index contributed by atoms with van der Waals surface area (Å²) in [6.07, 6.45) is 0.593. The third kappa shape index (κ3) is 5.51. The Kier molecular flexibility index (Phi) is 6.30. The number of aliphatic hydroxyl groups is 1. The van der Waals surface area contributed by atoms with E-state index in [2.05, 4.69) is 10.6 Å². The molecule has 1 atom stereocenters. The minimum Gasteiger partial charge on any atom is -0.394 e. The molecule has 21 heavy (non-hydrogen) atoms. The first-order valence-electron chi connectivity index (χ1n) is 6.82. The van der Waals surface area contributed by atoms with Gasteiger partial charge in [-0.3, -0.25) is 9.59 Å². The summed E-state index contributed by atoms with van der Waals surface area (Å²) in [4.78, 5) is 23.1. The molecule has 1 aromatic rings. The fraction of sp³-hybridized carbons (Fsp3) is 0.467. The highest BCUT2D eigenvalue weighted by atomic mass is 19.1. The van der Waals surface area contributed by atoms with Gasteiger partial charge in [-0.1, -0.05) is 13.8 Å². The Hall–Kier alpha value is -1.95. The van der Waals surface area contributed by atoms with E-state index >= 15 is 0 Å². The lowest BCUT2D eigenvalue weighted by molar-refractivity contribution is -0.114. The van der Waals surface area contributed by atoms with Crippen LogP contribution >= 0.6 is 0 Å². The van der Waals surface area contributed by atoms with Crippen molar-refractivity contribution in [1.29, 1.82) is 0 Å². The predicted molar refractivity (Wildman–Crippen MR) is 78.5 cm³/mol. The van der Waals surface area contributed by atoms with Gasteiger partial charge in [-0.05, 0) is 30.5 Å². The molecule has 5 nitrogen and oxygen atoms in total. The van der Waals surface area contributed by atoms with Gasteiger partial charge in [0.15, 0.2) is 0 Å². The van der Waals surface area contributed by atoms with Crippen molar-refractivity contribution >= 4 is 17.5 Å². The summed E-state index contributed by atoms with van der Waals surface area (Å²) in [6, 6.07) is 3.35. The summed E-state index contributed by atoms with van der Waals surface area (Å²) in [5, 5.41) is 14.3. The van der Waals surface area contributed by atoms with E-state index in [1.807, 2.05) is 13.8 Å². The van der Waals surface area contributed by atoms with Crippen LogP contribution in [0.1, 0.15) is 37.6 Å². The van der Waals surface area contributed by atoms with Gasteiger partial charge in [0.1, 0.15) is 5.82 Å². The normalized spacial score (nSPS) is 12.1. The molecule has 0 radical (unpaired) electrons. The lowest BCUT2D eigenvalue weighted by atomic mass is 10.0. The lowest BCUT2D eigenvalue weighted by Crippen LogP contribution is -2.38. The third-order valence-corrected chi connectivity index (χ3v) is 2.84. The molecule has 0 spiro atoms. The number of hydrogen-bond donors (Lipinski definition) is 3. The summed E-state index contributed by atoms with van der Waals surface area (Å²) in [6.45, 7) is 5.05. The fourth-order valence-electron chi connectivity index (χ4n) is 1.99. The molecule has 1 aromatic carbocycles. The summed E-state index contributed by atoms with van der Waals surface area (Å²) < 4.78 is 13.7. The monoisotopic (exact) mass is 296 g/mol. The summed E-state index contributed by atoms with van der Waals surface area (Å²) in [5.74, 6) is -1.30. The summed E-state index contributed by atoms with van der Waals surface area (Å²) >= 11 is 0. The van der Waals surface area contributed by atoms with Crippen LogP contribution in [0.15, 0.2) is 18.2 Å². The molecule has 3 N–H and O–H groups in total. The highest BCUT2D eigenvalue weighted by Crippen LogP contribution is 2.15. The molecule has 6 heteroatoms. The highest BCUT2D eigenvalue weighted by Gasteiger charge is 2.18. The first-order chi connectivity index (χ1) is 9.83. The smallest absolute Gasteiger partial charge is 0.254 e. The van der Waals surface area contributed by atoms with Gasteiger partial charge in [0, 0.05) is 12.6 Å². The molecule has 0 aromatic heterocycles. The number of halogens is 1. The Morgan fingerprint density at radius 1 is 1.33 bits per heavy atom. The number of carbonyl (C=O) groups excluding carboxylic acids is 2. The van der Waals surface area contributed by atoms with E-state index in [9.17, 15) is 19.1 Å². The quantitative estimate of drug-likeness (QED) is 0.750. The average Bonchev–Trinajstić information content (AvgIpc) is 2.38. The first-order valence-corrected chi connectivity index (χ1v) is 6.82. The van der Waals surface area contributed by atoms with E-state index in [-0.39, 0.29) is 24.0 Å². The van der Waals surface area contributed by atoms with Crippen LogP contribution in [0.3, 0.4) is 0 Å². The standard InChI is InChI=1S/C15H21FN2O3/c1-9(2)6-12(8-19)18-15(21)13-7-11(17-10(3)20)4-5-14(13)16/h4-5,7,9,12,19H,6,8H2,1-3H3,(H,17,20)(H,18,21). The van der Waals surface area contributed by atoms with Gasteiger partial charge >= 0.3 is 0 Å². The van der Waals surface area contributed by atoms with Crippen LogP contribution in [0, 0.1) is 11.7 Å². The van der Waals surface area contributed by atoms with Gasteiger partial charge in [0.25, 0.3) is 5.91 Å². The molecular formula is C15H21FN2O3. The van der Waals surface area contributed by atoms with Crippen LogP contribution in [0.4, 0.5) is 10.1 Å². The van der Waals surface area contributed by atoms with E-state index in [1.165, 1.54) is 19.1 Å². The van der Waals surface area contributed by atoms with Crippen molar-refractivity contribution in [1.82, 2.24) is 5.32 Å². The molecule has 0 fully saturated rings. The Bertz CT molecular complexity index is 518. The zero-order chi connectivity index (χ0) is 16.0. The van der Waals surface area contributed by atoms with Crippen LogP contribution in [-0.2, 0) is 4.79 Å². The molecule has 2 amide bonds. The number of amides is 2. The number of rotatable bonds is 6. The molecule has 0 heterocycles. The zero-order valence-electron chi connectivity index (χ0n) is 12.4. The van der Waals surface area contributed by atoms with Crippen molar-refractivity contribution in [2.75, 3.05) is 11.9 Å². The number of aliphatic hydroxyl groups excluding tert-OH is 1. The summed E-state index contributed by atoms with van der Waals surface area (Å²) in [5.41, 5.74) is 0.182. The van der Waals surface area contributed by atoms with Crippen LogP contribution in [0.2, 0.25) is 0 Å². The molecule has 1 rings (SSSR count). The number of anilines is 1. The van der Waals surface area contributed by atoms with Crippen molar-refractivity contribution in [3.8, 4) is 0 Å². The molecule has 0 aliphatic carbocycles.